The van der Waals surface area contributed by atoms with Gasteiger partial charge in [-0.2, -0.15) is 5.26 Å². The van der Waals surface area contributed by atoms with Gasteiger partial charge in [0.25, 0.3) is 0 Å². The molecule has 32 heavy (non-hydrogen) atoms. The molecule has 0 unspecified atom stereocenters. The van der Waals surface area contributed by atoms with Gasteiger partial charge in [-0.15, -0.1) is 0 Å². The van der Waals surface area contributed by atoms with Crippen LogP contribution in [-0.2, 0) is 0 Å². The number of hydrogen-bond acceptors (Lipinski definition) is 2. The standard InChI is InChI=1S/C15H20N2O.C13H15N/c1-10(2)12-8-7-11(3)14(9-12)17-15(18)16-13-5-4-6-13;14-10-11-6-8-13(9-7-11)12-4-2-1-3-5-12/h7-9,13H,1,4-6H2,2-3H3,(H2,16,17,18);6-9,12H,1-5H2. The molecule has 2 amide bonds. The van der Waals surface area contributed by atoms with Gasteiger partial charge in [-0.1, -0.05) is 55.7 Å². The van der Waals surface area contributed by atoms with Crippen molar-refractivity contribution in [3.8, 4) is 6.07 Å². The molecule has 0 aromatic heterocycles. The Morgan fingerprint density at radius 2 is 1.69 bits per heavy atom. The third-order valence-electron chi connectivity index (χ3n) is 6.54. The minimum Gasteiger partial charge on any atom is -0.335 e. The lowest BCUT2D eigenvalue weighted by Crippen LogP contribution is -2.41. The van der Waals surface area contributed by atoms with E-state index < -0.39 is 0 Å². The smallest absolute Gasteiger partial charge is 0.319 e. The van der Waals surface area contributed by atoms with E-state index in [1.807, 2.05) is 44.2 Å². The zero-order valence-corrected chi connectivity index (χ0v) is 19.4. The van der Waals surface area contributed by atoms with E-state index in [0.29, 0.717) is 6.04 Å². The highest BCUT2D eigenvalue weighted by molar-refractivity contribution is 5.91. The van der Waals surface area contributed by atoms with Crippen molar-refractivity contribution in [2.75, 3.05) is 5.32 Å². The summed E-state index contributed by atoms with van der Waals surface area (Å²) in [5, 5.41) is 14.6. The van der Waals surface area contributed by atoms with E-state index in [1.165, 1.54) is 44.1 Å². The molecule has 2 aliphatic rings. The van der Waals surface area contributed by atoms with Gasteiger partial charge in [0.05, 0.1) is 11.6 Å². The summed E-state index contributed by atoms with van der Waals surface area (Å²) in [6.07, 6.45) is 10.2. The molecule has 2 aromatic carbocycles. The number of anilines is 1. The fourth-order valence-electron chi connectivity index (χ4n) is 4.18. The number of benzene rings is 2. The molecule has 4 nitrogen and oxygen atoms in total. The number of amides is 2. The minimum absolute atomic E-state index is 0.110. The topological polar surface area (TPSA) is 64.9 Å². The van der Waals surface area contributed by atoms with Crippen molar-refractivity contribution in [2.24, 2.45) is 0 Å². The van der Waals surface area contributed by atoms with Gasteiger partial charge in [0, 0.05) is 11.7 Å². The largest absolute Gasteiger partial charge is 0.335 e. The van der Waals surface area contributed by atoms with E-state index in [-0.39, 0.29) is 6.03 Å². The summed E-state index contributed by atoms with van der Waals surface area (Å²) in [6, 6.07) is 16.5. The molecule has 4 rings (SSSR count). The molecular formula is C28H35N3O. The van der Waals surface area contributed by atoms with E-state index in [0.717, 1.165) is 46.7 Å². The fraction of sp³-hybridized carbons (Fsp3) is 0.429. The van der Waals surface area contributed by atoms with Crippen molar-refractivity contribution in [3.05, 3.63) is 71.3 Å². The third kappa shape index (κ3) is 6.72. The average molecular weight is 430 g/mol. The van der Waals surface area contributed by atoms with Crippen molar-refractivity contribution < 1.29 is 4.79 Å². The molecule has 2 fully saturated rings. The number of rotatable bonds is 4. The average Bonchev–Trinajstić information content (AvgIpc) is 2.79. The van der Waals surface area contributed by atoms with E-state index in [2.05, 4.69) is 35.4 Å². The summed E-state index contributed by atoms with van der Waals surface area (Å²) in [7, 11) is 0. The molecule has 2 saturated carbocycles. The van der Waals surface area contributed by atoms with Crippen molar-refractivity contribution in [1.29, 1.82) is 5.26 Å². The molecule has 168 valence electrons. The summed E-state index contributed by atoms with van der Waals surface area (Å²) in [6.45, 7) is 7.87. The number of aryl methyl sites for hydroxylation is 1. The number of nitrogens with one attached hydrogen (secondary N) is 2. The van der Waals surface area contributed by atoms with Crippen LogP contribution in [0.5, 0.6) is 0 Å². The molecular weight excluding hydrogens is 394 g/mol. The maximum atomic E-state index is 11.8. The van der Waals surface area contributed by atoms with Crippen molar-refractivity contribution in [2.45, 2.75) is 77.2 Å². The number of urea groups is 1. The number of allylic oxidation sites excluding steroid dienone is 1. The second-order valence-electron chi connectivity index (χ2n) is 9.11. The van der Waals surface area contributed by atoms with Crippen LogP contribution in [-0.4, -0.2) is 12.1 Å². The maximum absolute atomic E-state index is 11.8. The molecule has 0 radical (unpaired) electrons. The van der Waals surface area contributed by atoms with Crippen LogP contribution in [0.1, 0.15) is 86.5 Å². The van der Waals surface area contributed by atoms with Crippen LogP contribution < -0.4 is 10.6 Å². The molecule has 0 saturated heterocycles. The van der Waals surface area contributed by atoms with Crippen LogP contribution in [0.2, 0.25) is 0 Å². The Morgan fingerprint density at radius 3 is 2.25 bits per heavy atom. The van der Waals surface area contributed by atoms with Crippen molar-refractivity contribution in [3.63, 3.8) is 0 Å². The number of nitriles is 1. The van der Waals surface area contributed by atoms with E-state index in [9.17, 15) is 4.79 Å². The molecule has 0 bridgehead atoms. The molecule has 0 heterocycles. The minimum atomic E-state index is -0.110. The van der Waals surface area contributed by atoms with Crippen LogP contribution in [0, 0.1) is 18.3 Å². The summed E-state index contributed by atoms with van der Waals surface area (Å²) in [5.74, 6) is 0.747. The number of carbonyl (C=O) groups excluding carboxylic acids is 1. The van der Waals surface area contributed by atoms with Gasteiger partial charge < -0.3 is 10.6 Å². The monoisotopic (exact) mass is 429 g/mol. The second kappa shape index (κ2) is 11.5. The lowest BCUT2D eigenvalue weighted by Gasteiger charge is -2.26. The van der Waals surface area contributed by atoms with Crippen molar-refractivity contribution >= 4 is 17.3 Å². The molecule has 0 aliphatic heterocycles. The van der Waals surface area contributed by atoms with Crippen LogP contribution >= 0.6 is 0 Å². The van der Waals surface area contributed by atoms with Gasteiger partial charge in [0.2, 0.25) is 0 Å². The number of nitrogens with zero attached hydrogens (tertiary/aromatic N) is 1. The maximum Gasteiger partial charge on any atom is 0.319 e. The highest BCUT2D eigenvalue weighted by Gasteiger charge is 2.19. The molecule has 2 N–H and O–H groups in total. The highest BCUT2D eigenvalue weighted by Crippen LogP contribution is 2.32. The van der Waals surface area contributed by atoms with E-state index >= 15 is 0 Å². The van der Waals surface area contributed by atoms with Gasteiger partial charge >= 0.3 is 6.03 Å². The van der Waals surface area contributed by atoms with Gasteiger partial charge in [-0.05, 0) is 86.8 Å². The van der Waals surface area contributed by atoms with Gasteiger partial charge in [0.15, 0.2) is 0 Å². The first-order valence-corrected chi connectivity index (χ1v) is 11.8. The Bertz CT molecular complexity index is 961. The molecule has 0 spiro atoms. The second-order valence-corrected chi connectivity index (χ2v) is 9.11. The van der Waals surface area contributed by atoms with Crippen LogP contribution in [0.25, 0.3) is 5.57 Å². The third-order valence-corrected chi connectivity index (χ3v) is 6.54. The van der Waals surface area contributed by atoms with Crippen LogP contribution in [0.15, 0.2) is 49.0 Å². The summed E-state index contributed by atoms with van der Waals surface area (Å²) < 4.78 is 0. The first-order chi connectivity index (χ1) is 15.5. The first kappa shape index (κ1) is 23.6. The number of carbonyl (C=O) groups is 1. The Labute approximate surface area is 192 Å². The quantitative estimate of drug-likeness (QED) is 0.535. The van der Waals surface area contributed by atoms with Crippen LogP contribution in [0.3, 0.4) is 0 Å². The first-order valence-electron chi connectivity index (χ1n) is 11.8. The van der Waals surface area contributed by atoms with E-state index in [1.54, 1.807) is 0 Å². The molecule has 2 aromatic rings. The Hall–Kier alpha value is -3.06. The molecule has 2 aliphatic carbocycles. The lowest BCUT2D eigenvalue weighted by molar-refractivity contribution is 0.240. The number of hydrogen-bond donors (Lipinski definition) is 2. The zero-order chi connectivity index (χ0) is 22.9. The van der Waals surface area contributed by atoms with Gasteiger partial charge in [-0.3, -0.25) is 0 Å². The predicted molar refractivity (Wildman–Crippen MR) is 133 cm³/mol. The Morgan fingerprint density at radius 1 is 1.00 bits per heavy atom. The lowest BCUT2D eigenvalue weighted by atomic mass is 9.84. The summed E-state index contributed by atoms with van der Waals surface area (Å²) in [4.78, 5) is 11.8. The zero-order valence-electron chi connectivity index (χ0n) is 19.4. The summed E-state index contributed by atoms with van der Waals surface area (Å²) in [5.41, 5.74) is 6.15. The molecule has 4 heteroatoms. The summed E-state index contributed by atoms with van der Waals surface area (Å²) >= 11 is 0. The highest BCUT2D eigenvalue weighted by atomic mass is 16.2. The Balaban J connectivity index is 0.000000186. The van der Waals surface area contributed by atoms with Crippen LogP contribution in [0.4, 0.5) is 10.5 Å². The molecule has 0 atom stereocenters. The van der Waals surface area contributed by atoms with Crippen molar-refractivity contribution in [1.82, 2.24) is 5.32 Å². The SMILES string of the molecule is C=C(C)c1ccc(C)c(NC(=O)NC2CCC2)c1.N#Cc1ccc(C2CCCCC2)cc1. The Kier molecular flexibility index (Phi) is 8.50. The van der Waals surface area contributed by atoms with Gasteiger partial charge in [-0.25, -0.2) is 4.79 Å². The fourth-order valence-corrected chi connectivity index (χ4v) is 4.18. The predicted octanol–water partition coefficient (Wildman–Crippen LogP) is 7.31. The van der Waals surface area contributed by atoms with E-state index in [4.69, 9.17) is 5.26 Å². The van der Waals surface area contributed by atoms with Gasteiger partial charge in [0.1, 0.15) is 0 Å². The normalized spacial score (nSPS) is 16.0.